The summed E-state index contributed by atoms with van der Waals surface area (Å²) in [4.78, 5) is 22.3. The minimum atomic E-state index is -4.00. The minimum Gasteiger partial charge on any atom is -0.480 e. The summed E-state index contributed by atoms with van der Waals surface area (Å²) in [7, 11) is -2.91. The Kier molecular flexibility index (Phi) is 5.00. The van der Waals surface area contributed by atoms with Crippen LogP contribution in [-0.4, -0.2) is 66.2 Å². The van der Waals surface area contributed by atoms with E-state index in [4.69, 9.17) is 5.11 Å². The highest BCUT2D eigenvalue weighted by atomic mass is 32.2. The van der Waals surface area contributed by atoms with E-state index in [2.05, 4.69) is 4.74 Å². The Hall–Kier alpha value is -0.800. The molecule has 1 rings (SSSR count). The number of hydrogen-bond acceptors (Lipinski definition) is 6. The molecule has 2 atom stereocenters. The summed E-state index contributed by atoms with van der Waals surface area (Å²) in [6, 6.07) is -1.12. The number of nitrogens with zero attached hydrogens (tertiary/aromatic N) is 1. The Morgan fingerprint density at radius 2 is 2.11 bits per heavy atom. The van der Waals surface area contributed by atoms with Gasteiger partial charge in [0.25, 0.3) is 0 Å². The maximum Gasteiger partial charge on any atom is 0.325 e. The molecule has 0 aromatic carbocycles. The lowest BCUT2D eigenvalue weighted by molar-refractivity contribution is -0.142. The first-order chi connectivity index (χ1) is 8.32. The van der Waals surface area contributed by atoms with E-state index in [-0.39, 0.29) is 12.3 Å². The summed E-state index contributed by atoms with van der Waals surface area (Å²) in [5.74, 6) is -1.40. The predicted octanol–water partition coefficient (Wildman–Crippen LogP) is -0.620. The van der Waals surface area contributed by atoms with Crippen molar-refractivity contribution < 1.29 is 27.9 Å². The van der Waals surface area contributed by atoms with E-state index in [0.717, 1.165) is 11.4 Å². The smallest absolute Gasteiger partial charge is 0.325 e. The van der Waals surface area contributed by atoms with Gasteiger partial charge in [-0.25, -0.2) is 8.42 Å². The van der Waals surface area contributed by atoms with Gasteiger partial charge in [-0.2, -0.15) is 16.1 Å². The Bertz CT molecular complexity index is 434. The number of thioether (sulfide) groups is 1. The molecule has 0 aromatic rings. The van der Waals surface area contributed by atoms with Crippen molar-refractivity contribution in [3.05, 3.63) is 0 Å². The molecule has 0 radical (unpaired) electrons. The largest absolute Gasteiger partial charge is 0.480 e. The van der Waals surface area contributed by atoms with Gasteiger partial charge in [0, 0.05) is 18.1 Å². The third kappa shape index (κ3) is 2.96. The average Bonchev–Trinajstić information content (AvgIpc) is 2.36. The van der Waals surface area contributed by atoms with Crippen LogP contribution in [0.25, 0.3) is 0 Å². The molecule has 2 unspecified atom stereocenters. The van der Waals surface area contributed by atoms with E-state index in [9.17, 15) is 18.0 Å². The van der Waals surface area contributed by atoms with Crippen molar-refractivity contribution in [2.75, 3.05) is 25.2 Å². The lowest BCUT2D eigenvalue weighted by Crippen LogP contribution is -2.53. The molecule has 0 amide bonds. The molecular weight excluding hydrogens is 282 g/mol. The first-order valence-electron chi connectivity index (χ1n) is 5.21. The third-order valence-electron chi connectivity index (χ3n) is 2.67. The van der Waals surface area contributed by atoms with Crippen LogP contribution in [0.2, 0.25) is 0 Å². The van der Waals surface area contributed by atoms with E-state index in [1.807, 2.05) is 0 Å². The number of carboxylic acid groups (broad SMARTS) is 1. The van der Waals surface area contributed by atoms with Crippen LogP contribution >= 0.6 is 11.8 Å². The van der Waals surface area contributed by atoms with Crippen LogP contribution in [0, 0.1) is 0 Å². The van der Waals surface area contributed by atoms with Crippen LogP contribution in [-0.2, 0) is 24.3 Å². The van der Waals surface area contributed by atoms with Gasteiger partial charge in [-0.05, 0) is 6.92 Å². The van der Waals surface area contributed by atoms with Crippen LogP contribution in [0.5, 0.6) is 0 Å². The first kappa shape index (κ1) is 15.3. The Morgan fingerprint density at radius 3 is 2.61 bits per heavy atom. The molecule has 1 N–H and O–H groups in total. The second-order valence-electron chi connectivity index (χ2n) is 3.75. The fourth-order valence-corrected chi connectivity index (χ4v) is 4.44. The van der Waals surface area contributed by atoms with Gasteiger partial charge in [0.2, 0.25) is 10.0 Å². The number of carboxylic acids is 1. The number of methoxy groups -OCH3 is 1. The lowest BCUT2D eigenvalue weighted by atomic mass is 10.3. The number of aliphatic carboxylic acids is 1. The topological polar surface area (TPSA) is 101 Å². The number of carbonyl (C=O) groups excluding carboxylic acids is 1. The van der Waals surface area contributed by atoms with Crippen LogP contribution < -0.4 is 0 Å². The van der Waals surface area contributed by atoms with Gasteiger partial charge in [-0.1, -0.05) is 0 Å². The summed E-state index contributed by atoms with van der Waals surface area (Å²) < 4.78 is 29.6. The predicted molar refractivity (Wildman–Crippen MR) is 65.9 cm³/mol. The molecular formula is C9H15NO6S2. The molecule has 1 fully saturated rings. The molecule has 104 valence electrons. The maximum absolute atomic E-state index is 12.2. The van der Waals surface area contributed by atoms with Crippen molar-refractivity contribution in [3.8, 4) is 0 Å². The van der Waals surface area contributed by atoms with Crippen LogP contribution in [0.15, 0.2) is 0 Å². The van der Waals surface area contributed by atoms with Crippen molar-refractivity contribution in [1.82, 2.24) is 4.31 Å². The molecule has 7 nitrogen and oxygen atoms in total. The highest BCUT2D eigenvalue weighted by Crippen LogP contribution is 2.22. The fraction of sp³-hybridized carbons (Fsp3) is 0.778. The molecule has 1 heterocycles. The van der Waals surface area contributed by atoms with Crippen molar-refractivity contribution in [2.45, 2.75) is 18.2 Å². The number of carbonyl (C=O) groups is 2. The normalized spacial score (nSPS) is 23.3. The van der Waals surface area contributed by atoms with Gasteiger partial charge >= 0.3 is 11.9 Å². The Labute approximate surface area is 110 Å². The summed E-state index contributed by atoms with van der Waals surface area (Å²) in [6.07, 6.45) is 0. The molecule has 0 saturated carbocycles. The van der Waals surface area contributed by atoms with Crippen molar-refractivity contribution >= 4 is 33.7 Å². The third-order valence-corrected chi connectivity index (χ3v) is 5.87. The number of ether oxygens (including phenoxy) is 1. The highest BCUT2D eigenvalue weighted by Gasteiger charge is 2.42. The summed E-state index contributed by atoms with van der Waals surface area (Å²) in [6.45, 7) is 1.28. The van der Waals surface area contributed by atoms with Gasteiger partial charge < -0.3 is 9.84 Å². The van der Waals surface area contributed by atoms with Gasteiger partial charge in [-0.3, -0.25) is 9.59 Å². The molecule has 1 saturated heterocycles. The van der Waals surface area contributed by atoms with Gasteiger partial charge in [0.15, 0.2) is 5.25 Å². The van der Waals surface area contributed by atoms with E-state index >= 15 is 0 Å². The standard InChI is InChI=1S/C9H15NO6S2/c1-6(9(13)16-2)18(14,15)10-3-4-17-5-7(10)8(11)12/h6-7H,3-5H2,1-2H3,(H,11,12). The lowest BCUT2D eigenvalue weighted by Gasteiger charge is -2.32. The zero-order chi connectivity index (χ0) is 13.9. The zero-order valence-corrected chi connectivity index (χ0v) is 11.7. The maximum atomic E-state index is 12.2. The summed E-state index contributed by atoms with van der Waals surface area (Å²) in [5.41, 5.74) is 0. The quantitative estimate of drug-likeness (QED) is 0.690. The SMILES string of the molecule is COC(=O)C(C)S(=O)(=O)N1CCSCC1C(=O)O. The van der Waals surface area contributed by atoms with Crippen molar-refractivity contribution in [3.63, 3.8) is 0 Å². The Morgan fingerprint density at radius 1 is 1.50 bits per heavy atom. The second kappa shape index (κ2) is 5.89. The first-order valence-corrected chi connectivity index (χ1v) is 7.87. The summed E-state index contributed by atoms with van der Waals surface area (Å²) in [5, 5.41) is 7.62. The van der Waals surface area contributed by atoms with Crippen molar-refractivity contribution in [1.29, 1.82) is 0 Å². The average molecular weight is 297 g/mol. The van der Waals surface area contributed by atoms with Gasteiger partial charge in [0.05, 0.1) is 7.11 Å². The monoisotopic (exact) mass is 297 g/mol. The molecule has 0 spiro atoms. The minimum absolute atomic E-state index is 0.0886. The summed E-state index contributed by atoms with van der Waals surface area (Å²) >= 11 is 1.37. The van der Waals surface area contributed by atoms with Crippen LogP contribution in [0.3, 0.4) is 0 Å². The molecule has 0 aliphatic carbocycles. The fourth-order valence-electron chi connectivity index (χ4n) is 1.58. The number of hydrogen-bond donors (Lipinski definition) is 1. The molecule has 0 aromatic heterocycles. The molecule has 18 heavy (non-hydrogen) atoms. The highest BCUT2D eigenvalue weighted by molar-refractivity contribution is 7.99. The molecule has 0 bridgehead atoms. The zero-order valence-electron chi connectivity index (χ0n) is 10.0. The second-order valence-corrected chi connectivity index (χ2v) is 7.11. The number of rotatable bonds is 4. The number of esters is 1. The van der Waals surface area contributed by atoms with E-state index in [1.165, 1.54) is 18.7 Å². The van der Waals surface area contributed by atoms with Crippen molar-refractivity contribution in [2.24, 2.45) is 0 Å². The van der Waals surface area contributed by atoms with E-state index in [0.29, 0.717) is 5.75 Å². The Balaban J connectivity index is 3.01. The van der Waals surface area contributed by atoms with E-state index in [1.54, 1.807) is 0 Å². The van der Waals surface area contributed by atoms with Gasteiger partial charge in [-0.15, -0.1) is 0 Å². The molecule has 1 aliphatic heterocycles. The van der Waals surface area contributed by atoms with Gasteiger partial charge in [0.1, 0.15) is 6.04 Å². The van der Waals surface area contributed by atoms with Crippen LogP contribution in [0.4, 0.5) is 0 Å². The molecule has 1 aliphatic rings. The van der Waals surface area contributed by atoms with E-state index < -0.39 is 33.3 Å². The molecule has 9 heteroatoms. The number of sulfonamides is 1. The van der Waals surface area contributed by atoms with Crippen LogP contribution in [0.1, 0.15) is 6.92 Å².